The van der Waals surface area contributed by atoms with Crippen LogP contribution >= 0.6 is 0 Å². The van der Waals surface area contributed by atoms with Crippen LogP contribution in [0.1, 0.15) is 5.56 Å². The van der Waals surface area contributed by atoms with Gasteiger partial charge in [-0.25, -0.2) is 4.39 Å². The van der Waals surface area contributed by atoms with Gasteiger partial charge in [0.2, 0.25) is 0 Å². The van der Waals surface area contributed by atoms with Gasteiger partial charge < -0.3 is 5.32 Å². The Labute approximate surface area is 94.2 Å². The maximum Gasteiger partial charge on any atom is 0.123 e. The molecule has 0 aliphatic rings. The first-order valence-corrected chi connectivity index (χ1v) is 5.08. The summed E-state index contributed by atoms with van der Waals surface area (Å²) >= 11 is 0. The van der Waals surface area contributed by atoms with Crippen molar-refractivity contribution in [2.45, 2.75) is 0 Å². The van der Waals surface area contributed by atoms with Crippen LogP contribution in [0.5, 0.6) is 0 Å². The molecular formula is C14H12FN. The van der Waals surface area contributed by atoms with Gasteiger partial charge in [-0.1, -0.05) is 30.3 Å². The number of benzene rings is 2. The van der Waals surface area contributed by atoms with E-state index in [9.17, 15) is 4.39 Å². The molecule has 0 saturated carbocycles. The summed E-state index contributed by atoms with van der Waals surface area (Å²) in [5.74, 6) is -0.224. The molecule has 0 spiro atoms. The summed E-state index contributed by atoms with van der Waals surface area (Å²) in [6.45, 7) is 0. The Bertz CT molecular complexity index is 460. The van der Waals surface area contributed by atoms with Crippen molar-refractivity contribution in [3.63, 3.8) is 0 Å². The van der Waals surface area contributed by atoms with Gasteiger partial charge in [-0.3, -0.25) is 0 Å². The first kappa shape index (κ1) is 10.4. The largest absolute Gasteiger partial charge is 0.362 e. The monoisotopic (exact) mass is 213 g/mol. The second-order valence-electron chi connectivity index (χ2n) is 3.40. The number of nitrogens with one attached hydrogen (secondary N) is 1. The summed E-state index contributed by atoms with van der Waals surface area (Å²) in [5, 5.41) is 3.07. The van der Waals surface area contributed by atoms with Gasteiger partial charge in [-0.15, -0.1) is 0 Å². The van der Waals surface area contributed by atoms with Crippen molar-refractivity contribution >= 4 is 11.8 Å². The highest BCUT2D eigenvalue weighted by Gasteiger charge is 1.89. The van der Waals surface area contributed by atoms with Gasteiger partial charge in [0.05, 0.1) is 0 Å². The van der Waals surface area contributed by atoms with E-state index in [1.165, 1.54) is 12.1 Å². The van der Waals surface area contributed by atoms with Crippen molar-refractivity contribution in [3.05, 3.63) is 72.2 Å². The van der Waals surface area contributed by atoms with Gasteiger partial charge >= 0.3 is 0 Å². The number of hydrogen-bond acceptors (Lipinski definition) is 1. The van der Waals surface area contributed by atoms with E-state index < -0.39 is 0 Å². The summed E-state index contributed by atoms with van der Waals surface area (Å²) in [5.41, 5.74) is 1.99. The van der Waals surface area contributed by atoms with E-state index in [0.29, 0.717) is 0 Å². The summed E-state index contributed by atoms with van der Waals surface area (Å²) in [4.78, 5) is 0. The van der Waals surface area contributed by atoms with Crippen molar-refractivity contribution in [1.29, 1.82) is 0 Å². The molecule has 0 aliphatic carbocycles. The Balaban J connectivity index is 1.97. The number of hydrogen-bond donors (Lipinski definition) is 1. The van der Waals surface area contributed by atoms with Gasteiger partial charge in [-0.2, -0.15) is 0 Å². The van der Waals surface area contributed by atoms with Crippen LogP contribution in [0.25, 0.3) is 6.08 Å². The SMILES string of the molecule is Fc1ccc(NC=Cc2ccccc2)cc1. The molecule has 2 aromatic rings. The van der Waals surface area contributed by atoms with Gasteiger partial charge in [-0.05, 0) is 35.9 Å². The average Bonchev–Trinajstić information content (AvgIpc) is 2.33. The molecule has 1 nitrogen and oxygen atoms in total. The van der Waals surface area contributed by atoms with Crippen molar-refractivity contribution < 1.29 is 4.39 Å². The third kappa shape index (κ3) is 2.95. The molecule has 2 aromatic carbocycles. The summed E-state index contributed by atoms with van der Waals surface area (Å²) < 4.78 is 12.6. The Morgan fingerprint density at radius 1 is 0.875 bits per heavy atom. The number of anilines is 1. The van der Waals surface area contributed by atoms with E-state index in [2.05, 4.69) is 5.32 Å². The van der Waals surface area contributed by atoms with Crippen LogP contribution in [0.2, 0.25) is 0 Å². The molecule has 0 bridgehead atoms. The standard InChI is InChI=1S/C14H12FN/c15-13-6-8-14(9-7-13)16-11-10-12-4-2-1-3-5-12/h1-11,16H. The topological polar surface area (TPSA) is 12.0 Å². The number of halogens is 1. The second kappa shape index (κ2) is 5.12. The molecule has 0 aliphatic heterocycles. The molecule has 2 rings (SSSR count). The van der Waals surface area contributed by atoms with E-state index in [1.807, 2.05) is 42.6 Å². The van der Waals surface area contributed by atoms with E-state index in [-0.39, 0.29) is 5.82 Å². The second-order valence-corrected chi connectivity index (χ2v) is 3.40. The lowest BCUT2D eigenvalue weighted by atomic mass is 10.2. The van der Waals surface area contributed by atoms with Crippen molar-refractivity contribution in [2.75, 3.05) is 5.32 Å². The minimum atomic E-state index is -0.224. The number of rotatable bonds is 3. The molecule has 80 valence electrons. The molecule has 0 aromatic heterocycles. The van der Waals surface area contributed by atoms with E-state index >= 15 is 0 Å². The minimum absolute atomic E-state index is 0.224. The molecule has 0 heterocycles. The molecular weight excluding hydrogens is 201 g/mol. The molecule has 0 amide bonds. The van der Waals surface area contributed by atoms with Crippen LogP contribution in [0.15, 0.2) is 60.8 Å². The fourth-order valence-electron chi connectivity index (χ4n) is 1.34. The lowest BCUT2D eigenvalue weighted by molar-refractivity contribution is 0.628. The predicted octanol–water partition coefficient (Wildman–Crippen LogP) is 3.91. The highest BCUT2D eigenvalue weighted by Crippen LogP contribution is 2.08. The average molecular weight is 213 g/mol. The molecule has 0 radical (unpaired) electrons. The lowest BCUT2D eigenvalue weighted by Gasteiger charge is -1.99. The van der Waals surface area contributed by atoms with Gasteiger partial charge in [0, 0.05) is 11.9 Å². The Morgan fingerprint density at radius 3 is 2.25 bits per heavy atom. The van der Waals surface area contributed by atoms with E-state index in [0.717, 1.165) is 11.3 Å². The Hall–Kier alpha value is -2.09. The first-order chi connectivity index (χ1) is 7.84. The Morgan fingerprint density at radius 2 is 1.56 bits per heavy atom. The summed E-state index contributed by atoms with van der Waals surface area (Å²) in [7, 11) is 0. The first-order valence-electron chi connectivity index (χ1n) is 5.08. The zero-order chi connectivity index (χ0) is 11.2. The maximum atomic E-state index is 12.6. The third-order valence-corrected chi connectivity index (χ3v) is 2.17. The predicted molar refractivity (Wildman–Crippen MR) is 65.5 cm³/mol. The Kier molecular flexibility index (Phi) is 3.34. The van der Waals surface area contributed by atoms with Crippen LogP contribution in [0.4, 0.5) is 10.1 Å². The summed E-state index contributed by atoms with van der Waals surface area (Å²) in [6.07, 6.45) is 3.80. The lowest BCUT2D eigenvalue weighted by Crippen LogP contribution is -1.86. The van der Waals surface area contributed by atoms with E-state index in [4.69, 9.17) is 0 Å². The summed E-state index contributed by atoms with van der Waals surface area (Å²) in [6, 6.07) is 16.2. The van der Waals surface area contributed by atoms with Gasteiger partial charge in [0.1, 0.15) is 5.82 Å². The molecule has 16 heavy (non-hydrogen) atoms. The molecule has 1 N–H and O–H groups in total. The molecule has 0 fully saturated rings. The quantitative estimate of drug-likeness (QED) is 0.815. The van der Waals surface area contributed by atoms with Crippen molar-refractivity contribution in [1.82, 2.24) is 0 Å². The molecule has 2 heteroatoms. The van der Waals surface area contributed by atoms with Gasteiger partial charge in [0.15, 0.2) is 0 Å². The third-order valence-electron chi connectivity index (χ3n) is 2.17. The highest BCUT2D eigenvalue weighted by atomic mass is 19.1. The van der Waals surface area contributed by atoms with Gasteiger partial charge in [0.25, 0.3) is 0 Å². The fraction of sp³-hybridized carbons (Fsp3) is 0. The van der Waals surface area contributed by atoms with Crippen LogP contribution in [-0.4, -0.2) is 0 Å². The maximum absolute atomic E-state index is 12.6. The fourth-order valence-corrected chi connectivity index (χ4v) is 1.34. The molecule has 0 saturated heterocycles. The smallest absolute Gasteiger partial charge is 0.123 e. The van der Waals surface area contributed by atoms with Crippen LogP contribution in [-0.2, 0) is 0 Å². The van der Waals surface area contributed by atoms with E-state index in [1.54, 1.807) is 12.1 Å². The zero-order valence-corrected chi connectivity index (χ0v) is 8.73. The van der Waals surface area contributed by atoms with Crippen LogP contribution in [0.3, 0.4) is 0 Å². The molecule has 0 atom stereocenters. The minimum Gasteiger partial charge on any atom is -0.362 e. The highest BCUT2D eigenvalue weighted by molar-refractivity contribution is 5.54. The molecule has 0 unspecified atom stereocenters. The van der Waals surface area contributed by atoms with Crippen LogP contribution < -0.4 is 5.32 Å². The normalized spacial score (nSPS) is 10.6. The van der Waals surface area contributed by atoms with Crippen LogP contribution in [0, 0.1) is 5.82 Å². The zero-order valence-electron chi connectivity index (χ0n) is 8.73. The van der Waals surface area contributed by atoms with Crippen molar-refractivity contribution in [3.8, 4) is 0 Å². The van der Waals surface area contributed by atoms with Crippen molar-refractivity contribution in [2.24, 2.45) is 0 Å².